The smallest absolute Gasteiger partial charge is 0.292 e. The van der Waals surface area contributed by atoms with Gasteiger partial charge in [-0.1, -0.05) is 35.6 Å². The number of rotatable bonds is 4. The average molecular weight is 562 g/mol. The average Bonchev–Trinajstić information content (AvgIpc) is 3.50. The second kappa shape index (κ2) is 7.95. The number of aromatic nitrogens is 5. The molecular formula is C22H24IN6O2P. The van der Waals surface area contributed by atoms with Gasteiger partial charge in [0.05, 0.1) is 32.9 Å². The number of amides is 1. The first-order chi connectivity index (χ1) is 15.2. The molecule has 0 aliphatic carbocycles. The minimum Gasteiger partial charge on any atom is -0.434 e. The minimum absolute atomic E-state index is 0.209. The van der Waals surface area contributed by atoms with Gasteiger partial charge in [-0.3, -0.25) is 4.79 Å². The van der Waals surface area contributed by atoms with Crippen molar-refractivity contribution in [2.24, 2.45) is 0 Å². The number of hydrogen-bond donors (Lipinski definition) is 1. The van der Waals surface area contributed by atoms with Crippen LogP contribution in [0, 0.1) is 0 Å². The van der Waals surface area contributed by atoms with Crippen molar-refractivity contribution in [3.63, 3.8) is 0 Å². The number of imidazole rings is 1. The number of aromatic amines is 1. The van der Waals surface area contributed by atoms with Crippen molar-refractivity contribution in [3.8, 4) is 0 Å². The van der Waals surface area contributed by atoms with E-state index in [2.05, 4.69) is 65.8 Å². The van der Waals surface area contributed by atoms with Crippen molar-refractivity contribution in [2.75, 3.05) is 6.54 Å². The van der Waals surface area contributed by atoms with E-state index in [0.29, 0.717) is 18.9 Å². The van der Waals surface area contributed by atoms with Gasteiger partial charge in [-0.2, -0.15) is 5.10 Å². The minimum atomic E-state index is -0.411. The number of hydrogen-bond acceptors (Lipinski definition) is 5. The molecule has 0 saturated heterocycles. The van der Waals surface area contributed by atoms with Crippen molar-refractivity contribution in [3.05, 3.63) is 71.2 Å². The van der Waals surface area contributed by atoms with Crippen molar-refractivity contribution >= 4 is 43.3 Å². The zero-order valence-electron chi connectivity index (χ0n) is 18.0. The van der Waals surface area contributed by atoms with Crippen LogP contribution in [0.2, 0.25) is 0 Å². The Balaban J connectivity index is 1.60. The summed E-state index contributed by atoms with van der Waals surface area (Å²) in [6.07, 6.45) is 5.83. The number of halogens is 1. The van der Waals surface area contributed by atoms with Gasteiger partial charge in [0.25, 0.3) is 5.91 Å². The van der Waals surface area contributed by atoms with Crippen LogP contribution in [0.25, 0.3) is 5.52 Å². The van der Waals surface area contributed by atoms with Gasteiger partial charge in [-0.05, 0) is 37.2 Å². The van der Waals surface area contributed by atoms with Gasteiger partial charge >= 0.3 is 0 Å². The highest BCUT2D eigenvalue weighted by Gasteiger charge is 2.38. The second-order valence-electron chi connectivity index (χ2n) is 8.57. The Bertz CT molecular complexity index is 1300. The van der Waals surface area contributed by atoms with Gasteiger partial charge in [-0.15, -0.1) is 9.24 Å². The Morgan fingerprint density at radius 2 is 2.22 bits per heavy atom. The molecule has 0 radical (unpaired) electrons. The fraction of sp³-hybridized carbons (Fsp3) is 0.364. The molecule has 166 valence electrons. The van der Waals surface area contributed by atoms with Crippen LogP contribution in [-0.2, 0) is 9.84 Å². The maximum atomic E-state index is 13.6. The lowest BCUT2D eigenvalue weighted by atomic mass is 9.99. The zero-order valence-corrected chi connectivity index (χ0v) is 21.4. The Kier molecular flexibility index (Phi) is 5.36. The number of nitrogens with zero attached hydrogens (tertiary/aromatic N) is 5. The highest BCUT2D eigenvalue weighted by atomic mass is 127. The fourth-order valence-electron chi connectivity index (χ4n) is 4.16. The summed E-state index contributed by atoms with van der Waals surface area (Å²) in [5.74, 6) is 0.554. The maximum absolute atomic E-state index is 13.6. The summed E-state index contributed by atoms with van der Waals surface area (Å²) >= 11 is 2.25. The Morgan fingerprint density at radius 1 is 1.41 bits per heavy atom. The van der Waals surface area contributed by atoms with Gasteiger partial charge in [0.2, 0.25) is 11.7 Å². The van der Waals surface area contributed by atoms with Crippen LogP contribution >= 0.6 is 31.8 Å². The first-order valence-corrected chi connectivity index (χ1v) is 12.2. The van der Waals surface area contributed by atoms with E-state index in [9.17, 15) is 4.79 Å². The Labute approximate surface area is 201 Å². The van der Waals surface area contributed by atoms with E-state index in [1.54, 1.807) is 11.2 Å². The molecule has 2 unspecified atom stereocenters. The second-order valence-corrected chi connectivity index (χ2v) is 12.3. The molecule has 10 heteroatoms. The molecule has 0 bridgehead atoms. The largest absolute Gasteiger partial charge is 0.434 e. The van der Waals surface area contributed by atoms with Crippen molar-refractivity contribution in [1.29, 1.82) is 0 Å². The lowest BCUT2D eigenvalue weighted by molar-refractivity contribution is 0.0652. The summed E-state index contributed by atoms with van der Waals surface area (Å²) in [5, 5.41) is 4.84. The van der Waals surface area contributed by atoms with E-state index >= 15 is 0 Å². The molecule has 0 aromatic carbocycles. The molecule has 1 amide bonds. The van der Waals surface area contributed by atoms with E-state index in [1.807, 2.05) is 30.6 Å². The zero-order chi connectivity index (χ0) is 22.6. The number of alkyl halides is 1. The SMILES string of the molecule is CC(P)c1cccn2nc([C@@H]3c4nc[nH]c4CCN3C(=O)c3cnc(C(C)(C)I)o3)cc12. The van der Waals surface area contributed by atoms with Crippen LogP contribution in [0.5, 0.6) is 0 Å². The molecule has 5 heterocycles. The highest BCUT2D eigenvalue weighted by molar-refractivity contribution is 14.1. The lowest BCUT2D eigenvalue weighted by Gasteiger charge is -2.33. The first-order valence-electron chi connectivity index (χ1n) is 10.5. The summed E-state index contributed by atoms with van der Waals surface area (Å²) in [7, 11) is 2.83. The fourth-order valence-corrected chi connectivity index (χ4v) is 4.69. The third-order valence-electron chi connectivity index (χ3n) is 5.74. The molecule has 0 saturated carbocycles. The van der Waals surface area contributed by atoms with Gasteiger partial charge in [0.15, 0.2) is 0 Å². The first kappa shape index (κ1) is 21.6. The summed E-state index contributed by atoms with van der Waals surface area (Å²) < 4.78 is 7.43. The van der Waals surface area contributed by atoms with Gasteiger partial charge in [0.1, 0.15) is 6.04 Å². The predicted octanol–water partition coefficient (Wildman–Crippen LogP) is 4.44. The molecule has 3 atom stereocenters. The highest BCUT2D eigenvalue weighted by Crippen LogP contribution is 2.36. The summed E-state index contributed by atoms with van der Waals surface area (Å²) in [4.78, 5) is 27.5. The number of oxazole rings is 1. The summed E-state index contributed by atoms with van der Waals surface area (Å²) in [5.41, 5.74) is 5.10. The van der Waals surface area contributed by atoms with Crippen molar-refractivity contribution in [1.82, 2.24) is 29.5 Å². The molecule has 0 fully saturated rings. The van der Waals surface area contributed by atoms with Crippen LogP contribution in [-0.4, -0.2) is 41.9 Å². The number of carbonyl (C=O) groups excluding carboxylic acids is 1. The van der Waals surface area contributed by atoms with E-state index in [0.717, 1.165) is 22.6 Å². The summed E-state index contributed by atoms with van der Waals surface area (Å²) in [6.45, 7) is 6.65. The summed E-state index contributed by atoms with van der Waals surface area (Å²) in [6, 6.07) is 5.74. The predicted molar refractivity (Wildman–Crippen MR) is 132 cm³/mol. The van der Waals surface area contributed by atoms with E-state index in [-0.39, 0.29) is 20.7 Å². The van der Waals surface area contributed by atoms with E-state index in [4.69, 9.17) is 9.52 Å². The molecule has 0 spiro atoms. The van der Waals surface area contributed by atoms with Crippen LogP contribution in [0.15, 0.2) is 41.3 Å². The van der Waals surface area contributed by atoms with E-state index < -0.39 is 6.04 Å². The quantitative estimate of drug-likeness (QED) is 0.226. The van der Waals surface area contributed by atoms with Crippen LogP contribution in [0.3, 0.4) is 0 Å². The topological polar surface area (TPSA) is 92.3 Å². The van der Waals surface area contributed by atoms with Gasteiger partial charge in [0, 0.05) is 24.9 Å². The number of fused-ring (bicyclic) bond motifs is 2. The third kappa shape index (κ3) is 3.65. The Hall–Kier alpha value is -2.26. The molecule has 1 aliphatic heterocycles. The van der Waals surface area contributed by atoms with Crippen LogP contribution < -0.4 is 0 Å². The number of pyridine rings is 1. The van der Waals surface area contributed by atoms with E-state index in [1.165, 1.54) is 11.8 Å². The number of H-pyrrole nitrogens is 1. The third-order valence-corrected chi connectivity index (χ3v) is 6.56. The molecule has 32 heavy (non-hydrogen) atoms. The number of nitrogens with one attached hydrogen (secondary N) is 1. The van der Waals surface area contributed by atoms with Crippen molar-refractivity contribution in [2.45, 2.75) is 42.3 Å². The number of carbonyl (C=O) groups is 1. The normalized spacial score (nSPS) is 17.5. The monoisotopic (exact) mass is 562 g/mol. The van der Waals surface area contributed by atoms with Crippen LogP contribution in [0.1, 0.15) is 71.6 Å². The molecule has 4 aromatic rings. The molecule has 5 rings (SSSR count). The molecule has 1 N–H and O–H groups in total. The Morgan fingerprint density at radius 3 is 2.94 bits per heavy atom. The van der Waals surface area contributed by atoms with Gasteiger partial charge < -0.3 is 14.3 Å². The maximum Gasteiger partial charge on any atom is 0.292 e. The standard InChI is InChI=1S/C22H24IN6O2P/c1-12(32)13-5-4-7-29-16(13)9-15(27-29)19-18-14(25-11-26-18)6-8-28(19)20(30)17-10-24-21(31-17)22(2,3)23/h4-5,7,9-12,19H,6,8,32H2,1-3H3,(H,25,26)/t12?,19-/m1/s1. The van der Waals surface area contributed by atoms with Crippen LogP contribution in [0.4, 0.5) is 0 Å². The van der Waals surface area contributed by atoms with Gasteiger partial charge in [-0.25, -0.2) is 14.5 Å². The molecule has 4 aromatic heterocycles. The lowest BCUT2D eigenvalue weighted by Crippen LogP contribution is -2.40. The van der Waals surface area contributed by atoms with Crippen molar-refractivity contribution < 1.29 is 9.21 Å². The molecule has 1 aliphatic rings. The molecular weight excluding hydrogens is 538 g/mol. The molecule has 8 nitrogen and oxygen atoms in total.